The Kier molecular flexibility index (Phi) is 5.17. The first-order valence-corrected chi connectivity index (χ1v) is 7.38. The Balaban J connectivity index is 2.44. The van der Waals surface area contributed by atoms with Crippen LogP contribution in [0.4, 0.5) is 0 Å². The fraction of sp³-hybridized carbons (Fsp3) is 0.400. The lowest BCUT2D eigenvalue weighted by atomic mass is 10.2. The summed E-state index contributed by atoms with van der Waals surface area (Å²) in [7, 11) is 4.89. The fourth-order valence-corrected chi connectivity index (χ4v) is 3.07. The van der Waals surface area contributed by atoms with Crippen molar-refractivity contribution in [3.63, 3.8) is 0 Å². The summed E-state index contributed by atoms with van der Waals surface area (Å²) in [4.78, 5) is 5.68. The Morgan fingerprint density at radius 2 is 1.90 bits per heavy atom. The first kappa shape index (κ1) is 15.8. The summed E-state index contributed by atoms with van der Waals surface area (Å²) in [5.41, 5.74) is 7.87. The molecule has 114 valence electrons. The van der Waals surface area contributed by atoms with Crippen molar-refractivity contribution in [2.75, 3.05) is 21.3 Å². The molecule has 0 aliphatic rings. The van der Waals surface area contributed by atoms with Crippen molar-refractivity contribution in [3.05, 3.63) is 28.8 Å². The van der Waals surface area contributed by atoms with Gasteiger partial charge in [0, 0.05) is 23.6 Å². The van der Waals surface area contributed by atoms with Crippen molar-refractivity contribution in [1.82, 2.24) is 4.98 Å². The van der Waals surface area contributed by atoms with Crippen LogP contribution in [0.5, 0.6) is 11.5 Å². The summed E-state index contributed by atoms with van der Waals surface area (Å²) < 4.78 is 15.8. The highest BCUT2D eigenvalue weighted by Crippen LogP contribution is 2.36. The van der Waals surface area contributed by atoms with E-state index in [0.717, 1.165) is 21.1 Å². The molecule has 0 aliphatic heterocycles. The Morgan fingerprint density at radius 3 is 2.48 bits per heavy atom. The first-order chi connectivity index (χ1) is 10.1. The molecule has 0 amide bonds. The minimum atomic E-state index is -0.0680. The molecule has 1 unspecified atom stereocenters. The zero-order valence-electron chi connectivity index (χ0n) is 12.7. The standard InChI is InChI=1S/C15H20N2O3S/c1-9(16)14-11(8-18-2)17-15(21-14)10-5-6-12(19-3)13(7-10)20-4/h5-7,9H,8,16H2,1-4H3. The van der Waals surface area contributed by atoms with Gasteiger partial charge in [-0.05, 0) is 25.1 Å². The summed E-state index contributed by atoms with van der Waals surface area (Å²) in [5, 5.41) is 0.898. The first-order valence-electron chi connectivity index (χ1n) is 6.57. The van der Waals surface area contributed by atoms with Crippen LogP contribution in [0.25, 0.3) is 10.6 Å². The highest BCUT2D eigenvalue weighted by atomic mass is 32.1. The van der Waals surface area contributed by atoms with Crippen LogP contribution in [0.1, 0.15) is 23.5 Å². The lowest BCUT2D eigenvalue weighted by molar-refractivity contribution is 0.181. The van der Waals surface area contributed by atoms with Gasteiger partial charge in [-0.2, -0.15) is 0 Å². The van der Waals surface area contributed by atoms with Gasteiger partial charge in [-0.3, -0.25) is 0 Å². The number of aromatic nitrogens is 1. The molecule has 0 fully saturated rings. The van der Waals surface area contributed by atoms with Gasteiger partial charge in [-0.1, -0.05) is 0 Å². The third-order valence-electron chi connectivity index (χ3n) is 3.05. The van der Waals surface area contributed by atoms with Gasteiger partial charge in [0.05, 0.1) is 26.5 Å². The molecular formula is C15H20N2O3S. The number of nitrogens with two attached hydrogens (primary N) is 1. The summed E-state index contributed by atoms with van der Waals surface area (Å²) in [6, 6.07) is 5.68. The van der Waals surface area contributed by atoms with Crippen LogP contribution in [-0.2, 0) is 11.3 Å². The maximum atomic E-state index is 6.01. The van der Waals surface area contributed by atoms with Crippen LogP contribution < -0.4 is 15.2 Å². The number of thiazole rings is 1. The van der Waals surface area contributed by atoms with E-state index in [2.05, 4.69) is 4.98 Å². The summed E-state index contributed by atoms with van der Waals surface area (Å²) >= 11 is 1.58. The molecule has 0 spiro atoms. The van der Waals surface area contributed by atoms with Crippen LogP contribution in [-0.4, -0.2) is 26.3 Å². The van der Waals surface area contributed by atoms with Crippen molar-refractivity contribution in [3.8, 4) is 22.1 Å². The zero-order chi connectivity index (χ0) is 15.4. The Bertz CT molecular complexity index is 611. The second kappa shape index (κ2) is 6.89. The number of hydrogen-bond donors (Lipinski definition) is 1. The van der Waals surface area contributed by atoms with Crippen molar-refractivity contribution in [2.45, 2.75) is 19.6 Å². The second-order valence-corrected chi connectivity index (χ2v) is 5.65. The van der Waals surface area contributed by atoms with E-state index in [9.17, 15) is 0 Å². The number of benzene rings is 1. The quantitative estimate of drug-likeness (QED) is 0.888. The maximum absolute atomic E-state index is 6.01. The van der Waals surface area contributed by atoms with E-state index in [-0.39, 0.29) is 6.04 Å². The van der Waals surface area contributed by atoms with Crippen LogP contribution in [0.15, 0.2) is 18.2 Å². The molecule has 0 saturated heterocycles. The van der Waals surface area contributed by atoms with Gasteiger partial charge in [0.2, 0.25) is 0 Å². The normalized spacial score (nSPS) is 12.2. The van der Waals surface area contributed by atoms with E-state index >= 15 is 0 Å². The number of ether oxygens (including phenoxy) is 3. The van der Waals surface area contributed by atoms with Crippen LogP contribution >= 0.6 is 11.3 Å². The molecule has 1 heterocycles. The molecule has 21 heavy (non-hydrogen) atoms. The van der Waals surface area contributed by atoms with Crippen molar-refractivity contribution >= 4 is 11.3 Å². The van der Waals surface area contributed by atoms with Crippen molar-refractivity contribution in [2.24, 2.45) is 5.73 Å². The van der Waals surface area contributed by atoms with Gasteiger partial charge in [0.1, 0.15) is 5.01 Å². The van der Waals surface area contributed by atoms with Crippen LogP contribution in [0.2, 0.25) is 0 Å². The van der Waals surface area contributed by atoms with Crippen molar-refractivity contribution < 1.29 is 14.2 Å². The summed E-state index contributed by atoms with van der Waals surface area (Å²) in [6.07, 6.45) is 0. The molecule has 0 saturated carbocycles. The Morgan fingerprint density at radius 1 is 1.19 bits per heavy atom. The summed E-state index contributed by atoms with van der Waals surface area (Å²) in [5.74, 6) is 1.38. The molecule has 5 nitrogen and oxygen atoms in total. The summed E-state index contributed by atoms with van der Waals surface area (Å²) in [6.45, 7) is 2.41. The van der Waals surface area contributed by atoms with E-state index < -0.39 is 0 Å². The van der Waals surface area contributed by atoms with Crippen LogP contribution in [0, 0.1) is 0 Å². The SMILES string of the molecule is COCc1nc(-c2ccc(OC)c(OC)c2)sc1C(C)N. The molecule has 6 heteroatoms. The molecule has 2 N–H and O–H groups in total. The molecule has 2 aromatic rings. The molecule has 1 aromatic carbocycles. The average Bonchev–Trinajstić information content (AvgIpc) is 2.91. The monoisotopic (exact) mass is 308 g/mol. The predicted molar refractivity (Wildman–Crippen MR) is 84.0 cm³/mol. The third kappa shape index (κ3) is 3.34. The van der Waals surface area contributed by atoms with E-state index in [0.29, 0.717) is 18.1 Å². The van der Waals surface area contributed by atoms with Gasteiger partial charge >= 0.3 is 0 Å². The van der Waals surface area contributed by atoms with Crippen molar-refractivity contribution in [1.29, 1.82) is 0 Å². The van der Waals surface area contributed by atoms with E-state index in [1.54, 1.807) is 32.7 Å². The average molecular weight is 308 g/mol. The molecule has 1 atom stereocenters. The highest BCUT2D eigenvalue weighted by Gasteiger charge is 2.16. The molecule has 0 radical (unpaired) electrons. The van der Waals surface area contributed by atoms with Gasteiger partial charge in [-0.25, -0.2) is 4.98 Å². The Labute approximate surface area is 128 Å². The van der Waals surface area contributed by atoms with E-state index in [1.165, 1.54) is 0 Å². The van der Waals surface area contributed by atoms with Gasteiger partial charge in [-0.15, -0.1) is 11.3 Å². The molecular weight excluding hydrogens is 288 g/mol. The molecule has 0 bridgehead atoms. The third-order valence-corrected chi connectivity index (χ3v) is 4.40. The molecule has 1 aromatic heterocycles. The van der Waals surface area contributed by atoms with Gasteiger partial charge < -0.3 is 19.9 Å². The number of rotatable bonds is 6. The van der Waals surface area contributed by atoms with E-state index in [1.807, 2.05) is 25.1 Å². The maximum Gasteiger partial charge on any atom is 0.161 e. The number of hydrogen-bond acceptors (Lipinski definition) is 6. The van der Waals surface area contributed by atoms with Crippen LogP contribution in [0.3, 0.4) is 0 Å². The van der Waals surface area contributed by atoms with E-state index in [4.69, 9.17) is 19.9 Å². The lowest BCUT2D eigenvalue weighted by Gasteiger charge is -2.08. The fourth-order valence-electron chi connectivity index (χ4n) is 2.05. The number of nitrogens with zero attached hydrogens (tertiary/aromatic N) is 1. The second-order valence-electron chi connectivity index (χ2n) is 4.62. The smallest absolute Gasteiger partial charge is 0.161 e. The highest BCUT2D eigenvalue weighted by molar-refractivity contribution is 7.15. The number of methoxy groups -OCH3 is 3. The van der Waals surface area contributed by atoms with Gasteiger partial charge in [0.25, 0.3) is 0 Å². The minimum Gasteiger partial charge on any atom is -0.493 e. The Hall–Kier alpha value is -1.63. The largest absolute Gasteiger partial charge is 0.493 e. The predicted octanol–water partition coefficient (Wildman–Crippen LogP) is 2.99. The molecule has 2 rings (SSSR count). The topological polar surface area (TPSA) is 66.6 Å². The minimum absolute atomic E-state index is 0.0680. The van der Waals surface area contributed by atoms with Gasteiger partial charge in [0.15, 0.2) is 11.5 Å². The zero-order valence-corrected chi connectivity index (χ0v) is 13.5. The molecule has 0 aliphatic carbocycles. The lowest BCUT2D eigenvalue weighted by Crippen LogP contribution is -2.06.